The van der Waals surface area contributed by atoms with Crippen molar-refractivity contribution >= 4 is 5.82 Å². The zero-order valence-electron chi connectivity index (χ0n) is 10.9. The van der Waals surface area contributed by atoms with Crippen molar-refractivity contribution in [2.24, 2.45) is 5.41 Å². The number of aryl methyl sites for hydroxylation is 1. The van der Waals surface area contributed by atoms with E-state index in [0.29, 0.717) is 12.0 Å². The zero-order valence-corrected chi connectivity index (χ0v) is 10.9. The van der Waals surface area contributed by atoms with Gasteiger partial charge in [0.05, 0.1) is 0 Å². The maximum absolute atomic E-state index is 11.5. The Morgan fingerprint density at radius 1 is 1.29 bits per heavy atom. The number of anilines is 1. The van der Waals surface area contributed by atoms with E-state index in [1.54, 1.807) is 6.07 Å². The molecule has 1 aliphatic heterocycles. The number of hydrogen-bond donors (Lipinski definition) is 0. The first-order valence-corrected chi connectivity index (χ1v) is 6.35. The van der Waals surface area contributed by atoms with Crippen LogP contribution in [0.2, 0.25) is 0 Å². The van der Waals surface area contributed by atoms with Crippen molar-refractivity contribution in [2.75, 3.05) is 18.0 Å². The monoisotopic (exact) mass is 235 g/mol. The minimum atomic E-state index is -0.0198. The Morgan fingerprint density at radius 3 is 2.53 bits per heavy atom. The molecule has 0 spiro atoms. The first-order chi connectivity index (χ1) is 8.02. The van der Waals surface area contributed by atoms with Crippen LogP contribution in [0.3, 0.4) is 0 Å². The van der Waals surface area contributed by atoms with Crippen LogP contribution in [0.1, 0.15) is 33.6 Å². The van der Waals surface area contributed by atoms with Gasteiger partial charge in [-0.3, -0.25) is 4.79 Å². The van der Waals surface area contributed by atoms with Crippen molar-refractivity contribution in [3.05, 3.63) is 22.5 Å². The molecule has 4 nitrogen and oxygen atoms in total. The summed E-state index contributed by atoms with van der Waals surface area (Å²) in [5, 5.41) is 4.39. The third kappa shape index (κ3) is 2.68. The van der Waals surface area contributed by atoms with Crippen molar-refractivity contribution in [2.45, 2.75) is 40.2 Å². The predicted octanol–water partition coefficient (Wildman–Crippen LogP) is 1.89. The molecule has 0 aliphatic carbocycles. The van der Waals surface area contributed by atoms with Crippen molar-refractivity contribution in [1.82, 2.24) is 9.78 Å². The van der Waals surface area contributed by atoms with Crippen molar-refractivity contribution in [1.29, 1.82) is 0 Å². The molecule has 0 N–H and O–H groups in total. The highest BCUT2D eigenvalue weighted by atomic mass is 16.1. The number of aromatic nitrogens is 2. The molecular formula is C13H21N3O. The van der Waals surface area contributed by atoms with Crippen molar-refractivity contribution < 1.29 is 0 Å². The molecule has 1 fully saturated rings. The van der Waals surface area contributed by atoms with Gasteiger partial charge >= 0.3 is 0 Å². The molecule has 1 aromatic heterocycles. The summed E-state index contributed by atoms with van der Waals surface area (Å²) in [5.41, 5.74) is 0.420. The van der Waals surface area contributed by atoms with Gasteiger partial charge in [-0.1, -0.05) is 13.8 Å². The predicted molar refractivity (Wildman–Crippen MR) is 69.4 cm³/mol. The van der Waals surface area contributed by atoms with Crippen LogP contribution in [0.4, 0.5) is 5.82 Å². The Morgan fingerprint density at radius 2 is 1.94 bits per heavy atom. The summed E-state index contributed by atoms with van der Waals surface area (Å²) in [5.74, 6) is 0.932. The summed E-state index contributed by atoms with van der Waals surface area (Å²) in [7, 11) is 0. The lowest BCUT2D eigenvalue weighted by Gasteiger charge is -2.37. The number of nitrogens with zero attached hydrogens (tertiary/aromatic N) is 3. The summed E-state index contributed by atoms with van der Waals surface area (Å²) in [6.07, 6.45) is 2.36. The molecule has 0 bridgehead atoms. The summed E-state index contributed by atoms with van der Waals surface area (Å²) in [6.45, 7) is 9.25. The average molecular weight is 235 g/mol. The fourth-order valence-electron chi connectivity index (χ4n) is 2.17. The summed E-state index contributed by atoms with van der Waals surface area (Å²) >= 11 is 0. The number of hydrogen-bond acceptors (Lipinski definition) is 3. The van der Waals surface area contributed by atoms with Crippen LogP contribution in [-0.2, 0) is 6.54 Å². The van der Waals surface area contributed by atoms with Gasteiger partial charge < -0.3 is 4.90 Å². The quantitative estimate of drug-likeness (QED) is 0.785. The van der Waals surface area contributed by atoms with Gasteiger partial charge in [-0.05, 0) is 31.2 Å². The van der Waals surface area contributed by atoms with Gasteiger partial charge in [0.1, 0.15) is 5.82 Å². The van der Waals surface area contributed by atoms with Gasteiger partial charge in [0.15, 0.2) is 0 Å². The van der Waals surface area contributed by atoms with Crippen LogP contribution in [-0.4, -0.2) is 22.9 Å². The molecule has 0 aromatic carbocycles. The maximum atomic E-state index is 11.5. The molecule has 0 radical (unpaired) electrons. The Labute approximate surface area is 102 Å². The van der Waals surface area contributed by atoms with Gasteiger partial charge in [-0.15, -0.1) is 0 Å². The highest BCUT2D eigenvalue weighted by Gasteiger charge is 2.26. The van der Waals surface area contributed by atoms with E-state index in [0.717, 1.165) is 18.9 Å². The van der Waals surface area contributed by atoms with Crippen molar-refractivity contribution in [3.8, 4) is 0 Å². The average Bonchev–Trinajstić information content (AvgIpc) is 2.30. The van der Waals surface area contributed by atoms with Crippen LogP contribution >= 0.6 is 0 Å². The Bertz CT molecular complexity index is 440. The van der Waals surface area contributed by atoms with Crippen LogP contribution in [0.25, 0.3) is 0 Å². The summed E-state index contributed by atoms with van der Waals surface area (Å²) in [6, 6.07) is 3.46. The molecule has 17 heavy (non-hydrogen) atoms. The third-order valence-electron chi connectivity index (χ3n) is 3.59. The lowest BCUT2D eigenvalue weighted by Crippen LogP contribution is -2.38. The molecule has 0 amide bonds. The van der Waals surface area contributed by atoms with Crippen molar-refractivity contribution in [3.63, 3.8) is 0 Å². The Kier molecular flexibility index (Phi) is 3.22. The Balaban J connectivity index is 2.16. The van der Waals surface area contributed by atoms with Crippen LogP contribution < -0.4 is 10.5 Å². The van der Waals surface area contributed by atoms with Gasteiger partial charge in [0.2, 0.25) is 0 Å². The second-order valence-electron chi connectivity index (χ2n) is 5.50. The van der Waals surface area contributed by atoms with Gasteiger partial charge in [-0.2, -0.15) is 5.10 Å². The van der Waals surface area contributed by atoms with E-state index in [-0.39, 0.29) is 5.56 Å². The fourth-order valence-corrected chi connectivity index (χ4v) is 2.17. The lowest BCUT2D eigenvalue weighted by atomic mass is 9.83. The van der Waals surface area contributed by atoms with E-state index in [4.69, 9.17) is 0 Å². The second kappa shape index (κ2) is 4.51. The van der Waals surface area contributed by atoms with E-state index in [2.05, 4.69) is 23.8 Å². The smallest absolute Gasteiger partial charge is 0.266 e. The molecule has 1 aliphatic rings. The first-order valence-electron chi connectivity index (χ1n) is 6.35. The molecular weight excluding hydrogens is 214 g/mol. The molecule has 1 aromatic rings. The molecule has 94 valence electrons. The molecule has 1 saturated heterocycles. The summed E-state index contributed by atoms with van der Waals surface area (Å²) in [4.78, 5) is 13.7. The normalized spacial score (nSPS) is 19.4. The van der Waals surface area contributed by atoms with E-state index in [9.17, 15) is 4.79 Å². The van der Waals surface area contributed by atoms with Gasteiger partial charge in [-0.25, -0.2) is 4.68 Å². The molecule has 4 heteroatoms. The SMILES string of the molecule is CCn1nc(N2CCC(C)(C)CC2)ccc1=O. The number of piperidine rings is 1. The molecule has 0 unspecified atom stereocenters. The lowest BCUT2D eigenvalue weighted by molar-refractivity contribution is 0.278. The maximum Gasteiger partial charge on any atom is 0.266 e. The molecule has 2 rings (SSSR count). The fraction of sp³-hybridized carbons (Fsp3) is 0.692. The summed E-state index contributed by atoms with van der Waals surface area (Å²) < 4.78 is 1.52. The highest BCUT2D eigenvalue weighted by Crippen LogP contribution is 2.31. The van der Waals surface area contributed by atoms with Crippen LogP contribution in [0.5, 0.6) is 0 Å². The zero-order chi connectivity index (χ0) is 12.5. The van der Waals surface area contributed by atoms with E-state index < -0.39 is 0 Å². The van der Waals surface area contributed by atoms with Crippen LogP contribution in [0.15, 0.2) is 16.9 Å². The molecule has 0 saturated carbocycles. The second-order valence-corrected chi connectivity index (χ2v) is 5.50. The minimum absolute atomic E-state index is 0.0198. The van der Waals surface area contributed by atoms with E-state index in [1.807, 2.05) is 13.0 Å². The molecule has 2 heterocycles. The largest absolute Gasteiger partial charge is 0.355 e. The topological polar surface area (TPSA) is 38.1 Å². The van der Waals surface area contributed by atoms with Crippen LogP contribution in [0, 0.1) is 5.41 Å². The molecule has 0 atom stereocenters. The van der Waals surface area contributed by atoms with E-state index >= 15 is 0 Å². The first kappa shape index (κ1) is 12.1. The minimum Gasteiger partial charge on any atom is -0.355 e. The van der Waals surface area contributed by atoms with Gasteiger partial charge in [0.25, 0.3) is 5.56 Å². The third-order valence-corrected chi connectivity index (χ3v) is 3.59. The highest BCUT2D eigenvalue weighted by molar-refractivity contribution is 5.37. The van der Waals surface area contributed by atoms with Gasteiger partial charge in [0, 0.05) is 25.7 Å². The van der Waals surface area contributed by atoms with E-state index in [1.165, 1.54) is 17.5 Å². The Hall–Kier alpha value is -1.32. The number of rotatable bonds is 2. The standard InChI is InChI=1S/C13H21N3O/c1-4-16-12(17)6-5-11(14-16)15-9-7-13(2,3)8-10-15/h5-6H,4,7-10H2,1-3H3.